The van der Waals surface area contributed by atoms with Gasteiger partial charge in [0.2, 0.25) is 10.9 Å². The van der Waals surface area contributed by atoms with Crippen LogP contribution in [0.1, 0.15) is 11.7 Å². The fraction of sp³-hybridized carbons (Fsp3) is 0.375. The van der Waals surface area contributed by atoms with Gasteiger partial charge >= 0.3 is 0 Å². The van der Waals surface area contributed by atoms with Gasteiger partial charge in [-0.15, -0.1) is 0 Å². The zero-order valence-corrected chi connectivity index (χ0v) is 11.6. The number of rotatable bonds is 5. The third kappa shape index (κ3) is 3.99. The maximum Gasteiger partial charge on any atom is 0.201 e. The van der Waals surface area contributed by atoms with Gasteiger partial charge in [0.15, 0.2) is 0 Å². The molecule has 0 spiro atoms. The highest BCUT2D eigenvalue weighted by molar-refractivity contribution is 9.10. The average Bonchev–Trinajstić information content (AvgIpc) is 2.23. The van der Waals surface area contributed by atoms with Crippen molar-refractivity contribution >= 4 is 38.4 Å². The summed E-state index contributed by atoms with van der Waals surface area (Å²) < 4.78 is 29.0. The highest BCUT2D eigenvalue weighted by Gasteiger charge is 2.14. The summed E-state index contributed by atoms with van der Waals surface area (Å²) in [5.74, 6) is 0. The maximum absolute atomic E-state index is 10.4. The molecule has 90 valence electrons. The van der Waals surface area contributed by atoms with Crippen molar-refractivity contribution in [2.24, 2.45) is 0 Å². The summed E-state index contributed by atoms with van der Waals surface area (Å²) in [6.07, 6.45) is 1.13. The number of nitrogens with zero attached hydrogens (tertiary/aromatic N) is 1. The topological polar surface area (TPSA) is 68.3 Å². The predicted molar refractivity (Wildman–Crippen MR) is 65.0 cm³/mol. The van der Waals surface area contributed by atoms with E-state index in [0.29, 0.717) is 9.63 Å². The minimum atomic E-state index is -2.64. The molecule has 0 aliphatic heterocycles. The molecule has 0 saturated heterocycles. The molecule has 0 radical (unpaired) electrons. The van der Waals surface area contributed by atoms with E-state index in [1.165, 1.54) is 7.11 Å². The molecular formula is C8H10BrClN2O3S. The number of hydrogen-bond acceptors (Lipinski definition) is 4. The zero-order chi connectivity index (χ0) is 12.1. The summed E-state index contributed by atoms with van der Waals surface area (Å²) in [6, 6.07) is 1.62. The van der Waals surface area contributed by atoms with Gasteiger partial charge in [-0.2, -0.15) is 0 Å². The number of hydrogen-bond donors (Lipinski definition) is 2. The van der Waals surface area contributed by atoms with E-state index in [1.54, 1.807) is 12.3 Å². The highest BCUT2D eigenvalue weighted by atomic mass is 79.9. The fourth-order valence-corrected chi connectivity index (χ4v) is 2.11. The first-order valence-electron chi connectivity index (χ1n) is 4.26. The van der Waals surface area contributed by atoms with E-state index in [-0.39, 0.29) is 6.54 Å². The lowest BCUT2D eigenvalue weighted by molar-refractivity contribution is 0.107. The van der Waals surface area contributed by atoms with Gasteiger partial charge in [0.1, 0.15) is 5.15 Å². The highest BCUT2D eigenvalue weighted by Crippen LogP contribution is 2.26. The second kappa shape index (κ2) is 6.51. The van der Waals surface area contributed by atoms with Crippen molar-refractivity contribution in [1.82, 2.24) is 9.71 Å². The zero-order valence-electron chi connectivity index (χ0n) is 8.31. The van der Waals surface area contributed by atoms with Gasteiger partial charge in [-0.3, -0.25) is 0 Å². The largest absolute Gasteiger partial charge is 0.375 e. The molecule has 1 aromatic rings. The Labute approximate surface area is 108 Å². The average molecular weight is 330 g/mol. The summed E-state index contributed by atoms with van der Waals surface area (Å²) in [4.78, 5) is 3.87. The molecule has 0 bridgehead atoms. The molecule has 0 aromatic carbocycles. The lowest BCUT2D eigenvalue weighted by Crippen LogP contribution is -2.21. The number of nitrogens with one attached hydrogen (secondary N) is 1. The molecule has 1 atom stereocenters. The third-order valence-corrected chi connectivity index (χ3v) is 3.20. The van der Waals surface area contributed by atoms with E-state index in [2.05, 4.69) is 25.6 Å². The Morgan fingerprint density at radius 2 is 2.38 bits per heavy atom. The number of methoxy groups -OCH3 is 1. The van der Waals surface area contributed by atoms with Gasteiger partial charge in [0.05, 0.1) is 6.10 Å². The molecule has 1 heterocycles. The minimum absolute atomic E-state index is 0.147. The summed E-state index contributed by atoms with van der Waals surface area (Å²) in [5.41, 5.74) is 0.742. The number of ether oxygens (including phenoxy) is 1. The molecule has 1 unspecified atom stereocenters. The van der Waals surface area contributed by atoms with Crippen LogP contribution in [0.5, 0.6) is 0 Å². The second-order valence-corrected chi connectivity index (χ2v) is 4.94. The predicted octanol–water partition coefficient (Wildman–Crippen LogP) is 1.30. The van der Waals surface area contributed by atoms with Gasteiger partial charge < -0.3 is 4.74 Å². The lowest BCUT2D eigenvalue weighted by atomic mass is 10.1. The Morgan fingerprint density at radius 3 is 2.94 bits per heavy atom. The Kier molecular flexibility index (Phi) is 5.63. The van der Waals surface area contributed by atoms with Crippen LogP contribution in [-0.4, -0.2) is 27.1 Å². The van der Waals surface area contributed by atoms with Crippen LogP contribution in [0.2, 0.25) is 5.15 Å². The van der Waals surface area contributed by atoms with Crippen LogP contribution in [0.3, 0.4) is 0 Å². The van der Waals surface area contributed by atoms with Gasteiger partial charge in [0.25, 0.3) is 0 Å². The van der Waals surface area contributed by atoms with E-state index in [0.717, 1.165) is 5.56 Å². The van der Waals surface area contributed by atoms with Crippen LogP contribution in [0.4, 0.5) is 0 Å². The van der Waals surface area contributed by atoms with Crippen LogP contribution in [0, 0.1) is 0 Å². The molecule has 1 aromatic heterocycles. The smallest absolute Gasteiger partial charge is 0.201 e. The van der Waals surface area contributed by atoms with Crippen LogP contribution >= 0.6 is 27.5 Å². The SMILES string of the molecule is COC(CN[SH](=O)=O)c1cc(Cl)ncc1Br. The first kappa shape index (κ1) is 13.9. The number of aromatic nitrogens is 1. The number of thiol groups is 1. The molecule has 0 saturated carbocycles. The van der Waals surface area contributed by atoms with Crippen molar-refractivity contribution < 1.29 is 13.2 Å². The van der Waals surface area contributed by atoms with E-state index in [9.17, 15) is 8.42 Å². The Morgan fingerprint density at radius 1 is 1.69 bits per heavy atom. The van der Waals surface area contributed by atoms with Crippen molar-refractivity contribution in [3.05, 3.63) is 27.5 Å². The van der Waals surface area contributed by atoms with Crippen molar-refractivity contribution in [2.75, 3.05) is 13.7 Å². The summed E-state index contributed by atoms with van der Waals surface area (Å²) in [6.45, 7) is 0.147. The first-order valence-corrected chi connectivity index (χ1v) is 6.61. The van der Waals surface area contributed by atoms with E-state index < -0.39 is 17.0 Å². The third-order valence-electron chi connectivity index (χ3n) is 1.89. The quantitative estimate of drug-likeness (QED) is 0.631. The molecule has 1 N–H and O–H groups in total. The standard InChI is InChI=1S/C8H10BrClN2O3S/c1-15-7(4-12-16(13)14)5-2-8(10)11-3-6(5)9/h2-3,7,16H,4H2,1H3,(H,12,13,14). The molecule has 0 aliphatic carbocycles. The number of halogens is 2. The van der Waals surface area contributed by atoms with Crippen molar-refractivity contribution in [2.45, 2.75) is 6.10 Å². The molecule has 16 heavy (non-hydrogen) atoms. The summed E-state index contributed by atoms with van der Waals surface area (Å²) >= 11 is 9.05. The minimum Gasteiger partial charge on any atom is -0.375 e. The molecule has 1 rings (SSSR count). The monoisotopic (exact) mass is 328 g/mol. The van der Waals surface area contributed by atoms with Gasteiger partial charge in [-0.25, -0.2) is 18.1 Å². The van der Waals surface area contributed by atoms with Crippen LogP contribution < -0.4 is 4.72 Å². The lowest BCUT2D eigenvalue weighted by Gasteiger charge is -2.16. The van der Waals surface area contributed by atoms with Crippen LogP contribution in [-0.2, 0) is 15.6 Å². The van der Waals surface area contributed by atoms with Gasteiger partial charge in [-0.1, -0.05) is 11.6 Å². The maximum atomic E-state index is 10.4. The Bertz CT molecular complexity index is 433. The van der Waals surface area contributed by atoms with Crippen molar-refractivity contribution in [3.63, 3.8) is 0 Å². The van der Waals surface area contributed by atoms with E-state index >= 15 is 0 Å². The molecule has 8 heteroatoms. The van der Waals surface area contributed by atoms with Crippen molar-refractivity contribution in [3.8, 4) is 0 Å². The second-order valence-electron chi connectivity index (χ2n) is 2.87. The fourth-order valence-electron chi connectivity index (χ4n) is 1.15. The van der Waals surface area contributed by atoms with Crippen molar-refractivity contribution in [1.29, 1.82) is 0 Å². The first-order chi connectivity index (χ1) is 7.54. The van der Waals surface area contributed by atoms with E-state index in [1.807, 2.05) is 0 Å². The molecule has 5 nitrogen and oxygen atoms in total. The molecule has 0 amide bonds. The van der Waals surface area contributed by atoms with E-state index in [4.69, 9.17) is 16.3 Å². The van der Waals surface area contributed by atoms with Gasteiger partial charge in [-0.05, 0) is 22.0 Å². The van der Waals surface area contributed by atoms with Gasteiger partial charge in [0, 0.05) is 29.9 Å². The Balaban J connectivity index is 2.89. The molecular weight excluding hydrogens is 320 g/mol. The van der Waals surface area contributed by atoms with Crippen LogP contribution in [0.15, 0.2) is 16.7 Å². The van der Waals surface area contributed by atoms with Crippen LogP contribution in [0.25, 0.3) is 0 Å². The normalized spacial score (nSPS) is 13.0. The number of pyridine rings is 1. The molecule has 0 fully saturated rings. The molecule has 0 aliphatic rings. The Hall–Kier alpha value is -0.210. The summed E-state index contributed by atoms with van der Waals surface area (Å²) in [5, 5.41) is 0.326. The summed E-state index contributed by atoms with van der Waals surface area (Å²) in [7, 11) is -1.15.